The summed E-state index contributed by atoms with van der Waals surface area (Å²) in [6.45, 7) is 15.6. The summed E-state index contributed by atoms with van der Waals surface area (Å²) in [5, 5.41) is 3.66. The monoisotopic (exact) mass is 299 g/mol. The van der Waals surface area contributed by atoms with Gasteiger partial charge in [-0.25, -0.2) is 0 Å². The molecule has 1 atom stereocenters. The van der Waals surface area contributed by atoms with Crippen LogP contribution in [-0.2, 0) is 9.47 Å². The number of hydrogen-bond acceptors (Lipinski definition) is 3. The molecule has 0 radical (unpaired) electrons. The first-order valence-electron chi connectivity index (χ1n) is 8.81. The minimum atomic E-state index is -0.00450. The van der Waals surface area contributed by atoms with Crippen LogP contribution in [0.1, 0.15) is 73.6 Å². The molecule has 1 unspecified atom stereocenters. The van der Waals surface area contributed by atoms with E-state index in [9.17, 15) is 0 Å². The van der Waals surface area contributed by atoms with Gasteiger partial charge in [-0.3, -0.25) is 0 Å². The fourth-order valence-electron chi connectivity index (χ4n) is 3.12. The molecule has 0 aromatic rings. The van der Waals surface area contributed by atoms with E-state index in [0.29, 0.717) is 6.61 Å². The Kier molecular flexibility index (Phi) is 7.66. The van der Waals surface area contributed by atoms with Crippen LogP contribution in [0, 0.1) is 5.92 Å². The molecule has 1 N–H and O–H groups in total. The molecule has 3 heteroatoms. The molecule has 0 amide bonds. The second-order valence-electron chi connectivity index (χ2n) is 7.73. The van der Waals surface area contributed by atoms with Crippen LogP contribution < -0.4 is 5.32 Å². The maximum Gasteiger partial charge on any atom is 0.0811 e. The maximum absolute atomic E-state index is 6.48. The maximum atomic E-state index is 6.48. The van der Waals surface area contributed by atoms with Crippen molar-refractivity contribution in [1.82, 2.24) is 5.32 Å². The molecule has 0 heterocycles. The third-order valence-corrected chi connectivity index (χ3v) is 4.54. The normalized spacial score (nSPS) is 28.6. The fraction of sp³-hybridized carbons (Fsp3) is 1.00. The summed E-state index contributed by atoms with van der Waals surface area (Å²) >= 11 is 0. The summed E-state index contributed by atoms with van der Waals surface area (Å²) < 4.78 is 12.0. The SMILES string of the molecule is CCOCC(C)OC1(CNC(C)(C)C)CCC(CC)CC1. The molecule has 1 aliphatic rings. The van der Waals surface area contributed by atoms with Gasteiger partial charge in [-0.05, 0) is 66.2 Å². The lowest BCUT2D eigenvalue weighted by Crippen LogP contribution is -2.52. The minimum absolute atomic E-state index is 0.00450. The van der Waals surface area contributed by atoms with Crippen molar-refractivity contribution in [2.75, 3.05) is 19.8 Å². The van der Waals surface area contributed by atoms with Crippen molar-refractivity contribution in [1.29, 1.82) is 0 Å². The van der Waals surface area contributed by atoms with E-state index in [1.54, 1.807) is 0 Å². The molecule has 0 spiro atoms. The number of rotatable bonds is 8. The third-order valence-electron chi connectivity index (χ3n) is 4.54. The van der Waals surface area contributed by atoms with Gasteiger partial charge in [0.2, 0.25) is 0 Å². The molecule has 1 rings (SSSR count). The van der Waals surface area contributed by atoms with Crippen LogP contribution in [0.2, 0.25) is 0 Å². The van der Waals surface area contributed by atoms with Crippen molar-refractivity contribution in [2.24, 2.45) is 5.92 Å². The Hall–Kier alpha value is -0.120. The van der Waals surface area contributed by atoms with Crippen LogP contribution in [0.15, 0.2) is 0 Å². The number of ether oxygens (including phenoxy) is 2. The second-order valence-corrected chi connectivity index (χ2v) is 7.73. The van der Waals surface area contributed by atoms with Gasteiger partial charge in [0.25, 0.3) is 0 Å². The van der Waals surface area contributed by atoms with Gasteiger partial charge in [0.15, 0.2) is 0 Å². The van der Waals surface area contributed by atoms with Gasteiger partial charge in [0.1, 0.15) is 0 Å². The van der Waals surface area contributed by atoms with Crippen LogP contribution >= 0.6 is 0 Å². The van der Waals surface area contributed by atoms with Crippen LogP contribution in [-0.4, -0.2) is 37.0 Å². The smallest absolute Gasteiger partial charge is 0.0811 e. The van der Waals surface area contributed by atoms with Crippen molar-refractivity contribution in [2.45, 2.75) is 90.9 Å². The molecule has 0 aromatic carbocycles. The molecular weight excluding hydrogens is 262 g/mol. The average molecular weight is 299 g/mol. The first kappa shape index (κ1) is 18.9. The Bertz CT molecular complexity index is 277. The molecular formula is C18H37NO2. The van der Waals surface area contributed by atoms with Crippen molar-refractivity contribution in [3.8, 4) is 0 Å². The van der Waals surface area contributed by atoms with Gasteiger partial charge in [-0.1, -0.05) is 13.3 Å². The van der Waals surface area contributed by atoms with Gasteiger partial charge in [0, 0.05) is 18.7 Å². The van der Waals surface area contributed by atoms with E-state index in [4.69, 9.17) is 9.47 Å². The third kappa shape index (κ3) is 7.12. The minimum Gasteiger partial charge on any atom is -0.379 e. The topological polar surface area (TPSA) is 30.5 Å². The Balaban J connectivity index is 2.61. The summed E-state index contributed by atoms with van der Waals surface area (Å²) in [6, 6.07) is 0. The molecule has 3 nitrogen and oxygen atoms in total. The molecule has 21 heavy (non-hydrogen) atoms. The number of hydrogen-bond donors (Lipinski definition) is 1. The Morgan fingerprint density at radius 1 is 1.19 bits per heavy atom. The molecule has 0 aromatic heterocycles. The average Bonchev–Trinajstić information content (AvgIpc) is 2.43. The molecule has 0 saturated heterocycles. The van der Waals surface area contributed by atoms with Crippen LogP contribution in [0.4, 0.5) is 0 Å². The van der Waals surface area contributed by atoms with Crippen LogP contribution in [0.25, 0.3) is 0 Å². The zero-order chi connectivity index (χ0) is 15.9. The standard InChI is InChI=1S/C18H37NO2/c1-7-16-9-11-18(12-10-16,14-19-17(4,5)6)21-15(3)13-20-8-2/h15-16,19H,7-14H2,1-6H3. The highest BCUT2D eigenvalue weighted by Crippen LogP contribution is 2.37. The molecule has 126 valence electrons. The highest BCUT2D eigenvalue weighted by molar-refractivity contribution is 4.91. The van der Waals surface area contributed by atoms with Gasteiger partial charge >= 0.3 is 0 Å². The molecule has 1 fully saturated rings. The Morgan fingerprint density at radius 3 is 2.29 bits per heavy atom. The van der Waals surface area contributed by atoms with Gasteiger partial charge in [-0.2, -0.15) is 0 Å². The van der Waals surface area contributed by atoms with E-state index in [2.05, 4.69) is 39.9 Å². The first-order chi connectivity index (χ1) is 9.80. The van der Waals surface area contributed by atoms with Gasteiger partial charge in [-0.15, -0.1) is 0 Å². The lowest BCUT2D eigenvalue weighted by atomic mass is 9.77. The molecule has 1 saturated carbocycles. The predicted molar refractivity (Wildman–Crippen MR) is 89.8 cm³/mol. The summed E-state index contributed by atoms with van der Waals surface area (Å²) in [6.07, 6.45) is 6.41. The largest absolute Gasteiger partial charge is 0.379 e. The molecule has 0 bridgehead atoms. The molecule has 0 aliphatic heterocycles. The summed E-state index contributed by atoms with van der Waals surface area (Å²) in [4.78, 5) is 0. The summed E-state index contributed by atoms with van der Waals surface area (Å²) in [5.74, 6) is 0.888. The number of nitrogens with one attached hydrogen (secondary N) is 1. The second kappa shape index (κ2) is 8.50. The lowest BCUT2D eigenvalue weighted by molar-refractivity contribution is -0.132. The highest BCUT2D eigenvalue weighted by Gasteiger charge is 2.37. The Morgan fingerprint density at radius 2 is 1.81 bits per heavy atom. The van der Waals surface area contributed by atoms with E-state index < -0.39 is 0 Å². The predicted octanol–water partition coefficient (Wildman–Crippen LogP) is 4.16. The van der Waals surface area contributed by atoms with E-state index in [1.165, 1.54) is 32.1 Å². The van der Waals surface area contributed by atoms with Gasteiger partial charge < -0.3 is 14.8 Å². The summed E-state index contributed by atoms with van der Waals surface area (Å²) in [7, 11) is 0. The van der Waals surface area contributed by atoms with Crippen molar-refractivity contribution in [3.63, 3.8) is 0 Å². The van der Waals surface area contributed by atoms with E-state index in [1.807, 2.05) is 6.92 Å². The van der Waals surface area contributed by atoms with Crippen LogP contribution in [0.5, 0.6) is 0 Å². The van der Waals surface area contributed by atoms with Crippen LogP contribution in [0.3, 0.4) is 0 Å². The zero-order valence-corrected chi connectivity index (χ0v) is 15.1. The van der Waals surface area contributed by atoms with Gasteiger partial charge in [0.05, 0.1) is 18.3 Å². The lowest BCUT2D eigenvalue weighted by Gasteiger charge is -2.43. The van der Waals surface area contributed by atoms with Crippen molar-refractivity contribution in [3.05, 3.63) is 0 Å². The van der Waals surface area contributed by atoms with E-state index >= 15 is 0 Å². The van der Waals surface area contributed by atoms with E-state index in [0.717, 1.165) is 19.1 Å². The zero-order valence-electron chi connectivity index (χ0n) is 15.1. The van der Waals surface area contributed by atoms with Crippen molar-refractivity contribution >= 4 is 0 Å². The van der Waals surface area contributed by atoms with Crippen molar-refractivity contribution < 1.29 is 9.47 Å². The molecule has 1 aliphatic carbocycles. The highest BCUT2D eigenvalue weighted by atomic mass is 16.5. The fourth-order valence-corrected chi connectivity index (χ4v) is 3.12. The Labute approximate surface area is 132 Å². The summed E-state index contributed by atoms with van der Waals surface area (Å²) in [5.41, 5.74) is 0.136. The van der Waals surface area contributed by atoms with E-state index in [-0.39, 0.29) is 17.2 Å². The first-order valence-corrected chi connectivity index (χ1v) is 8.81. The quantitative estimate of drug-likeness (QED) is 0.730.